The Balaban J connectivity index is 1.93. The summed E-state index contributed by atoms with van der Waals surface area (Å²) in [7, 11) is 2.00. The highest BCUT2D eigenvalue weighted by molar-refractivity contribution is 5.92. The fraction of sp³-hybridized carbons (Fsp3) is 0.609. The van der Waals surface area contributed by atoms with Crippen molar-refractivity contribution in [3.63, 3.8) is 0 Å². The number of aliphatic hydroxyl groups excluding tert-OH is 1. The number of ether oxygens (including phenoxy) is 2. The molecule has 3 rings (SSSR count). The van der Waals surface area contributed by atoms with Crippen LogP contribution in [0.2, 0.25) is 0 Å². The lowest BCUT2D eigenvalue weighted by Crippen LogP contribution is -2.49. The maximum Gasteiger partial charge on any atom is 0.416 e. The van der Waals surface area contributed by atoms with E-state index < -0.39 is 18.0 Å². The topological polar surface area (TPSA) is 62.2 Å². The van der Waals surface area contributed by atoms with Crippen LogP contribution in [-0.2, 0) is 20.4 Å². The molecule has 0 aliphatic carbocycles. The fourth-order valence-electron chi connectivity index (χ4n) is 4.20. The number of halogens is 3. The maximum atomic E-state index is 13.2. The molecule has 32 heavy (non-hydrogen) atoms. The third kappa shape index (κ3) is 5.82. The molecule has 9 heteroatoms. The SMILES string of the molecule is CCO[C@@H]1OC(C(=O)N2CCN(C)CC2)=C[C@H](c2ccc(C(F)(F)F)cc2)[C@H]1CCCO. The molecule has 178 valence electrons. The lowest BCUT2D eigenvalue weighted by Gasteiger charge is -2.39. The van der Waals surface area contributed by atoms with Crippen molar-refractivity contribution < 1.29 is 32.5 Å². The number of likely N-dealkylation sites (N-methyl/N-ethyl adjacent to an activating group) is 1. The second-order valence-electron chi connectivity index (χ2n) is 8.24. The summed E-state index contributed by atoms with van der Waals surface area (Å²) in [6.07, 6.45) is -2.41. The molecule has 1 aromatic rings. The standard InChI is InChI=1S/C23H31F3N2O4/c1-3-31-22-18(5-4-14-29)19(16-6-8-17(9-7-16)23(24,25)26)15-20(32-22)21(30)28-12-10-27(2)11-13-28/h6-9,15,18-19,22,29H,3-5,10-14H2,1-2H3/t18-,19-,22-/m1/s1. The summed E-state index contributed by atoms with van der Waals surface area (Å²) in [5.74, 6) is -0.693. The number of piperazine rings is 1. The minimum absolute atomic E-state index is 0.0220. The summed E-state index contributed by atoms with van der Waals surface area (Å²) in [4.78, 5) is 17.0. The third-order valence-corrected chi connectivity index (χ3v) is 6.04. The molecule has 6 nitrogen and oxygen atoms in total. The van der Waals surface area contributed by atoms with Gasteiger partial charge in [-0.2, -0.15) is 13.2 Å². The molecule has 3 atom stereocenters. The molecule has 0 spiro atoms. The highest BCUT2D eigenvalue weighted by Gasteiger charge is 2.39. The number of aliphatic hydroxyl groups is 1. The number of benzene rings is 1. The smallest absolute Gasteiger partial charge is 0.416 e. The first-order valence-electron chi connectivity index (χ1n) is 11.0. The van der Waals surface area contributed by atoms with Crippen LogP contribution >= 0.6 is 0 Å². The molecule has 1 fully saturated rings. The Morgan fingerprint density at radius 1 is 1.19 bits per heavy atom. The van der Waals surface area contributed by atoms with Crippen LogP contribution in [0.4, 0.5) is 13.2 Å². The Labute approximate surface area is 186 Å². The highest BCUT2D eigenvalue weighted by Crippen LogP contribution is 2.40. The monoisotopic (exact) mass is 456 g/mol. The molecule has 0 bridgehead atoms. The number of amides is 1. The number of alkyl halides is 3. The molecule has 0 unspecified atom stereocenters. The van der Waals surface area contributed by atoms with Gasteiger partial charge in [-0.05, 0) is 50.6 Å². The Morgan fingerprint density at radius 3 is 2.41 bits per heavy atom. The van der Waals surface area contributed by atoms with Gasteiger partial charge >= 0.3 is 6.18 Å². The van der Waals surface area contributed by atoms with Crippen LogP contribution in [0.15, 0.2) is 36.1 Å². The summed E-state index contributed by atoms with van der Waals surface area (Å²) >= 11 is 0. The molecule has 1 aromatic carbocycles. The van der Waals surface area contributed by atoms with Crippen molar-refractivity contribution in [2.24, 2.45) is 5.92 Å². The van der Waals surface area contributed by atoms with E-state index in [2.05, 4.69) is 4.90 Å². The summed E-state index contributed by atoms with van der Waals surface area (Å²) in [6.45, 7) is 4.83. The first kappa shape index (κ1) is 24.5. The molecule has 1 amide bonds. The summed E-state index contributed by atoms with van der Waals surface area (Å²) < 4.78 is 50.9. The van der Waals surface area contributed by atoms with E-state index in [0.29, 0.717) is 38.1 Å². The molecular formula is C23H31F3N2O4. The maximum absolute atomic E-state index is 13.2. The molecular weight excluding hydrogens is 425 g/mol. The van der Waals surface area contributed by atoms with Gasteiger partial charge in [0.15, 0.2) is 5.76 Å². The number of hydrogen-bond donors (Lipinski definition) is 1. The Bertz CT molecular complexity index is 789. The van der Waals surface area contributed by atoms with Crippen molar-refractivity contribution >= 4 is 5.91 Å². The van der Waals surface area contributed by atoms with E-state index >= 15 is 0 Å². The Hall–Kier alpha value is -2.10. The van der Waals surface area contributed by atoms with Crippen LogP contribution in [0.3, 0.4) is 0 Å². The molecule has 0 aromatic heterocycles. The van der Waals surface area contributed by atoms with Gasteiger partial charge in [-0.1, -0.05) is 12.1 Å². The number of rotatable bonds is 7. The number of carbonyl (C=O) groups excluding carboxylic acids is 1. The molecule has 2 aliphatic heterocycles. The highest BCUT2D eigenvalue weighted by atomic mass is 19.4. The van der Waals surface area contributed by atoms with Crippen molar-refractivity contribution in [1.82, 2.24) is 9.80 Å². The zero-order valence-corrected chi connectivity index (χ0v) is 18.5. The first-order chi connectivity index (χ1) is 15.2. The number of allylic oxidation sites excluding steroid dienone is 1. The van der Waals surface area contributed by atoms with Gasteiger partial charge in [0.05, 0.1) is 5.56 Å². The van der Waals surface area contributed by atoms with Crippen molar-refractivity contribution in [1.29, 1.82) is 0 Å². The van der Waals surface area contributed by atoms with Crippen LogP contribution in [0, 0.1) is 5.92 Å². The van der Waals surface area contributed by atoms with E-state index in [1.54, 1.807) is 11.0 Å². The number of nitrogens with zero attached hydrogens (tertiary/aromatic N) is 2. The van der Waals surface area contributed by atoms with E-state index in [1.807, 2.05) is 14.0 Å². The summed E-state index contributed by atoms with van der Waals surface area (Å²) in [6, 6.07) is 5.00. The van der Waals surface area contributed by atoms with Crippen LogP contribution < -0.4 is 0 Å². The second-order valence-corrected chi connectivity index (χ2v) is 8.24. The minimum Gasteiger partial charge on any atom is -0.459 e. The average molecular weight is 457 g/mol. The predicted octanol–water partition coefficient (Wildman–Crippen LogP) is 3.23. The van der Waals surface area contributed by atoms with Crippen LogP contribution in [0.1, 0.15) is 36.8 Å². The minimum atomic E-state index is -4.42. The van der Waals surface area contributed by atoms with E-state index in [1.165, 1.54) is 12.1 Å². The van der Waals surface area contributed by atoms with Crippen molar-refractivity contribution in [2.75, 3.05) is 46.4 Å². The van der Waals surface area contributed by atoms with Gasteiger partial charge in [0, 0.05) is 51.2 Å². The average Bonchev–Trinajstić information content (AvgIpc) is 2.77. The number of hydrogen-bond acceptors (Lipinski definition) is 5. The molecule has 0 saturated carbocycles. The molecule has 0 radical (unpaired) electrons. The summed E-state index contributed by atoms with van der Waals surface area (Å²) in [5.41, 5.74) is -0.0723. The van der Waals surface area contributed by atoms with Crippen molar-refractivity contribution in [3.05, 3.63) is 47.2 Å². The van der Waals surface area contributed by atoms with Crippen LogP contribution in [0.5, 0.6) is 0 Å². The van der Waals surface area contributed by atoms with Gasteiger partial charge < -0.3 is 24.4 Å². The predicted molar refractivity (Wildman–Crippen MR) is 113 cm³/mol. The molecule has 1 saturated heterocycles. The normalized spacial score (nSPS) is 24.8. The van der Waals surface area contributed by atoms with E-state index in [-0.39, 0.29) is 30.1 Å². The van der Waals surface area contributed by atoms with Crippen molar-refractivity contribution in [2.45, 2.75) is 38.1 Å². The van der Waals surface area contributed by atoms with Crippen LogP contribution in [-0.4, -0.2) is 73.5 Å². The van der Waals surface area contributed by atoms with E-state index in [0.717, 1.165) is 25.2 Å². The molecule has 2 aliphatic rings. The second kappa shape index (κ2) is 10.7. The molecule has 2 heterocycles. The fourth-order valence-corrected chi connectivity index (χ4v) is 4.20. The van der Waals surface area contributed by atoms with Gasteiger partial charge in [0.25, 0.3) is 5.91 Å². The zero-order chi connectivity index (χ0) is 23.3. The van der Waals surface area contributed by atoms with Gasteiger partial charge in [-0.15, -0.1) is 0 Å². The van der Waals surface area contributed by atoms with Gasteiger partial charge in [-0.25, -0.2) is 0 Å². The van der Waals surface area contributed by atoms with Gasteiger partial charge in [0.1, 0.15) is 0 Å². The number of carbonyl (C=O) groups is 1. The Morgan fingerprint density at radius 2 is 1.84 bits per heavy atom. The van der Waals surface area contributed by atoms with E-state index in [4.69, 9.17) is 9.47 Å². The van der Waals surface area contributed by atoms with Gasteiger partial charge in [-0.3, -0.25) is 4.79 Å². The van der Waals surface area contributed by atoms with Gasteiger partial charge in [0.2, 0.25) is 6.29 Å². The van der Waals surface area contributed by atoms with E-state index in [9.17, 15) is 23.1 Å². The largest absolute Gasteiger partial charge is 0.459 e. The molecule has 1 N–H and O–H groups in total. The summed E-state index contributed by atoms with van der Waals surface area (Å²) in [5, 5.41) is 9.34. The quantitative estimate of drug-likeness (QED) is 0.683. The Kier molecular flexibility index (Phi) is 8.19. The van der Waals surface area contributed by atoms with Crippen molar-refractivity contribution in [3.8, 4) is 0 Å². The van der Waals surface area contributed by atoms with Crippen LogP contribution in [0.25, 0.3) is 0 Å². The lowest BCUT2D eigenvalue weighted by atomic mass is 9.80. The lowest BCUT2D eigenvalue weighted by molar-refractivity contribution is -0.170. The first-order valence-corrected chi connectivity index (χ1v) is 11.0. The third-order valence-electron chi connectivity index (χ3n) is 6.04. The zero-order valence-electron chi connectivity index (χ0n) is 18.5.